The Morgan fingerprint density at radius 3 is 2.44 bits per heavy atom. The highest BCUT2D eigenvalue weighted by Gasteiger charge is 2.52. The average Bonchev–Trinajstić information content (AvgIpc) is 3.16. The summed E-state index contributed by atoms with van der Waals surface area (Å²) in [6, 6.07) is 13.7. The number of hydrogen-bond acceptors (Lipinski definition) is 4. The molecule has 0 N–H and O–H groups in total. The lowest BCUT2D eigenvalue weighted by atomic mass is 9.98. The van der Waals surface area contributed by atoms with Gasteiger partial charge in [0.15, 0.2) is 0 Å². The Hall–Kier alpha value is -3.42. The third-order valence-corrected chi connectivity index (χ3v) is 7.34. The van der Waals surface area contributed by atoms with Crippen LogP contribution in [0.3, 0.4) is 0 Å². The van der Waals surface area contributed by atoms with Crippen LogP contribution in [0.15, 0.2) is 48.5 Å². The Labute approximate surface area is 198 Å². The second-order valence-electron chi connectivity index (χ2n) is 9.37. The summed E-state index contributed by atoms with van der Waals surface area (Å²) in [5, 5.41) is 0. The predicted molar refractivity (Wildman–Crippen MR) is 127 cm³/mol. The molecule has 3 aliphatic heterocycles. The van der Waals surface area contributed by atoms with E-state index < -0.39 is 5.66 Å². The maximum atomic E-state index is 13.3. The van der Waals surface area contributed by atoms with Crippen molar-refractivity contribution < 1.29 is 18.8 Å². The van der Waals surface area contributed by atoms with Gasteiger partial charge in [-0.15, -0.1) is 0 Å². The zero-order valence-corrected chi connectivity index (χ0v) is 19.4. The van der Waals surface area contributed by atoms with Crippen LogP contribution in [0.1, 0.15) is 43.0 Å². The molecule has 3 aliphatic rings. The molecule has 2 aromatic carbocycles. The van der Waals surface area contributed by atoms with E-state index in [1.54, 1.807) is 28.0 Å². The summed E-state index contributed by atoms with van der Waals surface area (Å²) in [4.78, 5) is 46.4. The number of rotatable bonds is 5. The molecule has 0 aliphatic carbocycles. The second-order valence-corrected chi connectivity index (χ2v) is 9.37. The molecule has 5 rings (SSSR count). The molecule has 1 atom stereocenters. The van der Waals surface area contributed by atoms with Crippen molar-refractivity contribution in [2.24, 2.45) is 0 Å². The first-order valence-corrected chi connectivity index (χ1v) is 11.9. The van der Waals surface area contributed by atoms with Crippen LogP contribution in [-0.4, -0.2) is 65.9 Å². The van der Waals surface area contributed by atoms with Crippen LogP contribution in [0.2, 0.25) is 0 Å². The lowest BCUT2D eigenvalue weighted by Gasteiger charge is -2.48. The number of para-hydroxylation sites is 1. The molecule has 2 aromatic rings. The van der Waals surface area contributed by atoms with Gasteiger partial charge in [0.2, 0.25) is 11.8 Å². The molecule has 0 saturated carbocycles. The molecule has 0 radical (unpaired) electrons. The smallest absolute Gasteiger partial charge is 0.257 e. The highest BCUT2D eigenvalue weighted by Crippen LogP contribution is 2.44. The Balaban J connectivity index is 1.19. The molecule has 3 heterocycles. The minimum atomic E-state index is -0.688. The Kier molecular flexibility index (Phi) is 5.75. The van der Waals surface area contributed by atoms with Gasteiger partial charge in [-0.1, -0.05) is 12.1 Å². The van der Waals surface area contributed by atoms with Gasteiger partial charge < -0.3 is 14.7 Å². The van der Waals surface area contributed by atoms with Crippen molar-refractivity contribution in [3.63, 3.8) is 0 Å². The maximum absolute atomic E-state index is 13.3. The number of piperazine rings is 1. The zero-order valence-electron chi connectivity index (χ0n) is 19.4. The summed E-state index contributed by atoms with van der Waals surface area (Å²) in [7, 11) is 0. The number of fused-ring (bicyclic) bond motifs is 3. The van der Waals surface area contributed by atoms with Gasteiger partial charge >= 0.3 is 0 Å². The first-order valence-electron chi connectivity index (χ1n) is 11.9. The standard InChI is InChI=1S/C26H29FN4O3/c1-26-13-12-24(33)31(26)22-6-3-2-5-21(22)25(34)30(26)14-4-7-23(32)29-17-15-28(16-18-29)20-10-8-19(27)9-11-20/h2-3,5-6,8-11H,4,7,12-18H2,1H3. The highest BCUT2D eigenvalue weighted by atomic mass is 19.1. The van der Waals surface area contributed by atoms with E-state index in [1.165, 1.54) is 12.1 Å². The third-order valence-electron chi connectivity index (χ3n) is 7.34. The first-order chi connectivity index (χ1) is 16.4. The van der Waals surface area contributed by atoms with Gasteiger partial charge in [0.25, 0.3) is 5.91 Å². The summed E-state index contributed by atoms with van der Waals surface area (Å²) >= 11 is 0. The number of carbonyl (C=O) groups excluding carboxylic acids is 3. The van der Waals surface area contributed by atoms with E-state index in [4.69, 9.17) is 0 Å². The van der Waals surface area contributed by atoms with Gasteiger partial charge in [-0.3, -0.25) is 19.3 Å². The second kappa shape index (κ2) is 8.74. The summed E-state index contributed by atoms with van der Waals surface area (Å²) in [5.74, 6) is -0.229. The summed E-state index contributed by atoms with van der Waals surface area (Å²) in [6.07, 6.45) is 1.89. The van der Waals surface area contributed by atoms with Gasteiger partial charge in [0.05, 0.1) is 11.3 Å². The maximum Gasteiger partial charge on any atom is 0.257 e. The highest BCUT2D eigenvalue weighted by molar-refractivity contribution is 6.10. The van der Waals surface area contributed by atoms with E-state index in [0.717, 1.165) is 5.69 Å². The van der Waals surface area contributed by atoms with E-state index in [-0.39, 0.29) is 23.5 Å². The quantitative estimate of drug-likeness (QED) is 0.682. The minimum Gasteiger partial charge on any atom is -0.368 e. The molecule has 178 valence electrons. The zero-order chi connectivity index (χ0) is 23.9. The fourth-order valence-corrected chi connectivity index (χ4v) is 5.45. The molecule has 8 heteroatoms. The molecular weight excluding hydrogens is 435 g/mol. The van der Waals surface area contributed by atoms with Gasteiger partial charge in [-0.25, -0.2) is 4.39 Å². The number of benzene rings is 2. The fourth-order valence-electron chi connectivity index (χ4n) is 5.45. The van der Waals surface area contributed by atoms with E-state index >= 15 is 0 Å². The van der Waals surface area contributed by atoms with Crippen molar-refractivity contribution in [2.45, 2.75) is 38.3 Å². The van der Waals surface area contributed by atoms with Crippen LogP contribution >= 0.6 is 0 Å². The largest absolute Gasteiger partial charge is 0.368 e. The van der Waals surface area contributed by atoms with Gasteiger partial charge in [-0.2, -0.15) is 0 Å². The molecule has 34 heavy (non-hydrogen) atoms. The number of halogens is 1. The number of amides is 3. The van der Waals surface area contributed by atoms with E-state index in [2.05, 4.69) is 4.90 Å². The van der Waals surface area contributed by atoms with Crippen LogP contribution in [0.25, 0.3) is 0 Å². The van der Waals surface area contributed by atoms with E-state index in [9.17, 15) is 18.8 Å². The van der Waals surface area contributed by atoms with Gasteiger partial charge in [0, 0.05) is 51.3 Å². The van der Waals surface area contributed by atoms with Gasteiger partial charge in [0.1, 0.15) is 11.5 Å². The summed E-state index contributed by atoms with van der Waals surface area (Å²) < 4.78 is 13.2. The minimum absolute atomic E-state index is 0.0301. The van der Waals surface area contributed by atoms with Crippen LogP contribution in [0.5, 0.6) is 0 Å². The molecule has 2 fully saturated rings. The summed E-state index contributed by atoms with van der Waals surface area (Å²) in [6.45, 7) is 5.01. The SMILES string of the molecule is CC12CCC(=O)N1c1ccccc1C(=O)N2CCCC(=O)N1CCN(c2ccc(F)cc2)CC1. The average molecular weight is 465 g/mol. The molecule has 1 unspecified atom stereocenters. The molecule has 7 nitrogen and oxygen atoms in total. The van der Waals surface area contributed by atoms with Crippen LogP contribution in [0.4, 0.5) is 15.8 Å². The van der Waals surface area contributed by atoms with Crippen molar-refractivity contribution in [1.82, 2.24) is 9.80 Å². The Bertz CT molecular complexity index is 1110. The van der Waals surface area contributed by atoms with Crippen molar-refractivity contribution >= 4 is 29.1 Å². The number of carbonyl (C=O) groups is 3. The van der Waals surface area contributed by atoms with Crippen LogP contribution in [-0.2, 0) is 9.59 Å². The van der Waals surface area contributed by atoms with Crippen molar-refractivity contribution in [3.05, 3.63) is 59.9 Å². The fraction of sp³-hybridized carbons (Fsp3) is 0.423. The first kappa shape index (κ1) is 22.4. The van der Waals surface area contributed by atoms with Crippen LogP contribution in [0, 0.1) is 5.82 Å². The molecule has 0 aromatic heterocycles. The molecule has 0 bridgehead atoms. The molecule has 2 saturated heterocycles. The van der Waals surface area contributed by atoms with Crippen molar-refractivity contribution in [1.29, 1.82) is 0 Å². The van der Waals surface area contributed by atoms with E-state index in [0.29, 0.717) is 69.7 Å². The number of hydrogen-bond donors (Lipinski definition) is 0. The summed E-state index contributed by atoms with van der Waals surface area (Å²) in [5.41, 5.74) is 1.50. The number of nitrogens with zero attached hydrogens (tertiary/aromatic N) is 4. The molecular formula is C26H29FN4O3. The van der Waals surface area contributed by atoms with Gasteiger partial charge in [-0.05, 0) is 56.2 Å². The molecule has 3 amide bonds. The van der Waals surface area contributed by atoms with Crippen LogP contribution < -0.4 is 9.80 Å². The van der Waals surface area contributed by atoms with E-state index in [1.807, 2.05) is 30.0 Å². The third kappa shape index (κ3) is 3.81. The molecule has 0 spiro atoms. The lowest BCUT2D eigenvalue weighted by molar-refractivity contribution is -0.131. The Morgan fingerprint density at radius 2 is 1.71 bits per heavy atom. The lowest BCUT2D eigenvalue weighted by Crippen LogP contribution is -2.62. The predicted octanol–water partition coefficient (Wildman–Crippen LogP) is 3.25. The normalized spacial score (nSPS) is 22.2. The van der Waals surface area contributed by atoms with Crippen molar-refractivity contribution in [2.75, 3.05) is 42.5 Å². The monoisotopic (exact) mass is 464 g/mol. The number of anilines is 2. The topological polar surface area (TPSA) is 64.2 Å². The Morgan fingerprint density at radius 1 is 1.00 bits per heavy atom. The van der Waals surface area contributed by atoms with Crippen molar-refractivity contribution in [3.8, 4) is 0 Å².